The average Bonchev–Trinajstić information content (AvgIpc) is 3.17. The molecule has 1 spiro atoms. The van der Waals surface area contributed by atoms with Gasteiger partial charge in [-0.25, -0.2) is 9.59 Å². The van der Waals surface area contributed by atoms with Crippen molar-refractivity contribution in [2.45, 2.75) is 45.6 Å². The van der Waals surface area contributed by atoms with Crippen LogP contribution in [-0.2, 0) is 21.5 Å². The van der Waals surface area contributed by atoms with E-state index in [1.807, 2.05) is 24.3 Å². The third-order valence-corrected chi connectivity index (χ3v) is 6.15. The first kappa shape index (κ1) is 20.8. The number of Topliss-reactive ketones (excluding diaryl/α,β-unsaturated/α-hetero) is 1. The van der Waals surface area contributed by atoms with Gasteiger partial charge in [-0.15, -0.1) is 0 Å². The molecule has 31 heavy (non-hydrogen) atoms. The Labute approximate surface area is 179 Å². The van der Waals surface area contributed by atoms with Crippen molar-refractivity contribution in [1.82, 2.24) is 15.2 Å². The van der Waals surface area contributed by atoms with E-state index in [0.29, 0.717) is 23.2 Å². The average molecular weight is 423 g/mol. The third-order valence-electron chi connectivity index (χ3n) is 6.15. The number of ketones is 1. The molecule has 1 aliphatic heterocycles. The number of carbonyl (C=O) groups is 4. The molecule has 1 aromatic carbocycles. The predicted octanol–water partition coefficient (Wildman–Crippen LogP) is 2.77. The van der Waals surface area contributed by atoms with E-state index in [0.717, 1.165) is 28.9 Å². The SMILES string of the molecule is CCOC(=O)c1[nH]c(C)c(C(=O)CN2C(=O)NC3(CCCc4ccccc43)C2=O)c1C. The minimum atomic E-state index is -1.12. The molecular formula is C23H25N3O5. The molecule has 162 valence electrons. The normalized spacial score (nSPS) is 20.0. The summed E-state index contributed by atoms with van der Waals surface area (Å²) in [5.74, 6) is -1.36. The van der Waals surface area contributed by atoms with Crippen LogP contribution >= 0.6 is 0 Å². The molecule has 8 nitrogen and oxygen atoms in total. The second-order valence-corrected chi connectivity index (χ2v) is 8.01. The maximum Gasteiger partial charge on any atom is 0.355 e. The van der Waals surface area contributed by atoms with Gasteiger partial charge in [-0.05, 0) is 56.7 Å². The highest BCUT2D eigenvalue weighted by molar-refractivity contribution is 6.12. The van der Waals surface area contributed by atoms with Gasteiger partial charge in [0.15, 0.2) is 5.78 Å². The molecule has 0 radical (unpaired) electrons. The quantitative estimate of drug-likeness (QED) is 0.437. The fourth-order valence-electron chi connectivity index (χ4n) is 4.75. The van der Waals surface area contributed by atoms with Crippen LogP contribution < -0.4 is 5.32 Å². The van der Waals surface area contributed by atoms with Crippen LogP contribution in [0.1, 0.15) is 63.0 Å². The van der Waals surface area contributed by atoms with Crippen LogP contribution in [-0.4, -0.2) is 46.7 Å². The number of benzene rings is 1. The number of aromatic nitrogens is 1. The van der Waals surface area contributed by atoms with Crippen molar-refractivity contribution in [1.29, 1.82) is 0 Å². The van der Waals surface area contributed by atoms with Crippen molar-refractivity contribution < 1.29 is 23.9 Å². The van der Waals surface area contributed by atoms with Gasteiger partial charge in [0.1, 0.15) is 11.2 Å². The van der Waals surface area contributed by atoms with E-state index in [4.69, 9.17) is 4.74 Å². The van der Waals surface area contributed by atoms with Crippen molar-refractivity contribution in [2.24, 2.45) is 0 Å². The molecule has 1 saturated heterocycles. The van der Waals surface area contributed by atoms with E-state index in [9.17, 15) is 19.2 Å². The number of esters is 1. The van der Waals surface area contributed by atoms with Crippen molar-refractivity contribution >= 4 is 23.7 Å². The summed E-state index contributed by atoms with van der Waals surface area (Å²) in [6, 6.07) is 7.02. The summed E-state index contributed by atoms with van der Waals surface area (Å²) >= 11 is 0. The van der Waals surface area contributed by atoms with Crippen molar-refractivity contribution in [3.63, 3.8) is 0 Å². The molecule has 0 saturated carbocycles. The van der Waals surface area contributed by atoms with Crippen LogP contribution in [0, 0.1) is 13.8 Å². The molecule has 1 fully saturated rings. The van der Waals surface area contributed by atoms with Gasteiger partial charge in [0.25, 0.3) is 5.91 Å². The van der Waals surface area contributed by atoms with E-state index in [-0.39, 0.29) is 12.3 Å². The van der Waals surface area contributed by atoms with Gasteiger partial charge in [0.2, 0.25) is 0 Å². The van der Waals surface area contributed by atoms with Gasteiger partial charge in [-0.1, -0.05) is 24.3 Å². The lowest BCUT2D eigenvalue weighted by molar-refractivity contribution is -0.131. The minimum Gasteiger partial charge on any atom is -0.461 e. The van der Waals surface area contributed by atoms with Crippen LogP contribution in [0.15, 0.2) is 24.3 Å². The topological polar surface area (TPSA) is 109 Å². The Morgan fingerprint density at radius 3 is 2.68 bits per heavy atom. The molecule has 0 bridgehead atoms. The molecule has 2 aliphatic rings. The second kappa shape index (κ2) is 7.68. The summed E-state index contributed by atoms with van der Waals surface area (Å²) in [5.41, 5.74) is 2.16. The van der Waals surface area contributed by atoms with Gasteiger partial charge < -0.3 is 15.0 Å². The van der Waals surface area contributed by atoms with Gasteiger partial charge in [0, 0.05) is 11.3 Å². The van der Waals surface area contributed by atoms with E-state index in [2.05, 4.69) is 10.3 Å². The molecule has 1 unspecified atom stereocenters. The zero-order chi connectivity index (χ0) is 22.3. The number of nitrogens with one attached hydrogen (secondary N) is 2. The molecule has 1 atom stereocenters. The predicted molar refractivity (Wildman–Crippen MR) is 112 cm³/mol. The maximum atomic E-state index is 13.4. The summed E-state index contributed by atoms with van der Waals surface area (Å²) in [6.45, 7) is 4.84. The first-order valence-electron chi connectivity index (χ1n) is 10.4. The highest BCUT2D eigenvalue weighted by Crippen LogP contribution is 2.40. The van der Waals surface area contributed by atoms with Crippen LogP contribution in [0.25, 0.3) is 0 Å². The summed E-state index contributed by atoms with van der Waals surface area (Å²) in [6.07, 6.45) is 2.11. The van der Waals surface area contributed by atoms with E-state index >= 15 is 0 Å². The van der Waals surface area contributed by atoms with Crippen LogP contribution in [0.3, 0.4) is 0 Å². The Kier molecular flexibility index (Phi) is 5.16. The summed E-state index contributed by atoms with van der Waals surface area (Å²) in [4.78, 5) is 55.3. The molecule has 3 amide bonds. The molecular weight excluding hydrogens is 398 g/mol. The number of nitrogens with zero attached hydrogens (tertiary/aromatic N) is 1. The smallest absolute Gasteiger partial charge is 0.355 e. The highest BCUT2D eigenvalue weighted by atomic mass is 16.5. The summed E-state index contributed by atoms with van der Waals surface area (Å²) < 4.78 is 5.02. The first-order chi connectivity index (χ1) is 14.8. The fraction of sp³-hybridized carbons (Fsp3) is 0.391. The van der Waals surface area contributed by atoms with E-state index in [1.54, 1.807) is 20.8 Å². The number of hydrogen-bond acceptors (Lipinski definition) is 5. The van der Waals surface area contributed by atoms with Gasteiger partial charge >= 0.3 is 12.0 Å². The molecule has 4 rings (SSSR count). The Bertz CT molecular complexity index is 1100. The minimum absolute atomic E-state index is 0.206. The van der Waals surface area contributed by atoms with E-state index in [1.165, 1.54) is 0 Å². The molecule has 2 heterocycles. The van der Waals surface area contributed by atoms with Gasteiger partial charge in [-0.3, -0.25) is 14.5 Å². The van der Waals surface area contributed by atoms with Crippen molar-refractivity contribution in [3.05, 3.63) is 57.9 Å². The monoisotopic (exact) mass is 423 g/mol. The van der Waals surface area contributed by atoms with Crippen LogP contribution in [0.5, 0.6) is 0 Å². The van der Waals surface area contributed by atoms with Crippen molar-refractivity contribution in [2.75, 3.05) is 13.2 Å². The zero-order valence-corrected chi connectivity index (χ0v) is 17.8. The van der Waals surface area contributed by atoms with E-state index < -0.39 is 35.8 Å². The number of amides is 3. The molecule has 2 aromatic rings. The first-order valence-corrected chi connectivity index (χ1v) is 10.4. The Hall–Kier alpha value is -3.42. The lowest BCUT2D eigenvalue weighted by Crippen LogP contribution is -2.46. The van der Waals surface area contributed by atoms with Gasteiger partial charge in [-0.2, -0.15) is 0 Å². The lowest BCUT2D eigenvalue weighted by atomic mass is 9.76. The van der Waals surface area contributed by atoms with Gasteiger partial charge in [0.05, 0.1) is 13.2 Å². The fourth-order valence-corrected chi connectivity index (χ4v) is 4.75. The molecule has 1 aliphatic carbocycles. The number of aryl methyl sites for hydroxylation is 2. The number of urea groups is 1. The number of carbonyl (C=O) groups excluding carboxylic acids is 4. The number of rotatable bonds is 5. The Morgan fingerprint density at radius 2 is 1.94 bits per heavy atom. The highest BCUT2D eigenvalue weighted by Gasteiger charge is 2.54. The number of aromatic amines is 1. The number of fused-ring (bicyclic) bond motifs is 2. The summed E-state index contributed by atoms with van der Waals surface area (Å²) in [7, 11) is 0. The Morgan fingerprint density at radius 1 is 1.19 bits per heavy atom. The zero-order valence-electron chi connectivity index (χ0n) is 17.8. The molecule has 1 aromatic heterocycles. The van der Waals surface area contributed by atoms with Crippen molar-refractivity contribution in [3.8, 4) is 0 Å². The lowest BCUT2D eigenvalue weighted by Gasteiger charge is -2.33. The van der Waals surface area contributed by atoms with Crippen LogP contribution in [0.2, 0.25) is 0 Å². The summed E-state index contributed by atoms with van der Waals surface area (Å²) in [5, 5.41) is 2.85. The largest absolute Gasteiger partial charge is 0.461 e. The second-order valence-electron chi connectivity index (χ2n) is 8.01. The molecule has 2 N–H and O–H groups in total. The number of hydrogen-bond donors (Lipinski definition) is 2. The number of H-pyrrole nitrogens is 1. The Balaban J connectivity index is 1.62. The maximum absolute atomic E-state index is 13.4. The standard InChI is InChI=1S/C23H25N3O5/c1-4-31-20(28)19-13(2)18(14(3)24-19)17(27)12-26-21(29)23(25-22(26)30)11-7-9-15-8-5-6-10-16(15)23/h5-6,8,10,24H,4,7,9,11-12H2,1-3H3,(H,25,30). The number of ether oxygens (including phenoxy) is 1. The third kappa shape index (κ3) is 3.22. The van der Waals surface area contributed by atoms with Crippen LogP contribution in [0.4, 0.5) is 4.79 Å². The molecule has 8 heteroatoms. The number of imide groups is 1.